The molecule has 0 aliphatic heterocycles. The number of aliphatic carboxylic acids is 2. The molecule has 182 valence electrons. The summed E-state index contributed by atoms with van der Waals surface area (Å²) >= 11 is 1.18. The van der Waals surface area contributed by atoms with Crippen LogP contribution in [0.1, 0.15) is 40.4 Å². The Morgan fingerprint density at radius 1 is 1.15 bits per heavy atom. The van der Waals surface area contributed by atoms with Crippen LogP contribution in [0.15, 0.2) is 36.4 Å². The molecule has 6 N–H and O–H groups in total. The number of thiophene rings is 1. The number of nitrogen functional groups attached to an aromatic ring is 1. The lowest BCUT2D eigenvalue weighted by Gasteiger charge is -2.34. The van der Waals surface area contributed by atoms with Gasteiger partial charge in [-0.2, -0.15) is 0 Å². The number of carbonyl (C=O) groups is 4. The normalized spacial score (nSPS) is 12.1. The number of nitrogens with two attached hydrogens (primary N) is 1. The van der Waals surface area contributed by atoms with Crippen LogP contribution < -0.4 is 15.8 Å². The monoisotopic (exact) mass is 490 g/mol. The molecule has 12 heteroatoms. The topological polar surface area (TPSA) is 183 Å². The molecule has 0 unspecified atom stereocenters. The number of nitrogens with one attached hydrogen (secondary N) is 2. The van der Waals surface area contributed by atoms with Crippen LogP contribution in [0.25, 0.3) is 0 Å². The molecule has 0 saturated heterocycles. The van der Waals surface area contributed by atoms with E-state index in [2.05, 4.69) is 5.32 Å². The van der Waals surface area contributed by atoms with Crippen molar-refractivity contribution < 1.29 is 34.1 Å². The van der Waals surface area contributed by atoms with Crippen LogP contribution in [0.3, 0.4) is 0 Å². The summed E-state index contributed by atoms with van der Waals surface area (Å²) in [6, 6.07) is 7.97. The first-order valence-corrected chi connectivity index (χ1v) is 10.8. The smallest absolute Gasteiger partial charge is 0.353 e. The number of carboxylic acid groups (broad SMARTS) is 2. The Kier molecular flexibility index (Phi) is 8.49. The molecule has 1 heterocycles. The molecule has 2 rings (SSSR count). The number of rotatable bonds is 11. The molecule has 1 aromatic heterocycles. The fourth-order valence-electron chi connectivity index (χ4n) is 2.75. The largest absolute Gasteiger partial charge is 0.481 e. The van der Waals surface area contributed by atoms with Crippen molar-refractivity contribution in [3.63, 3.8) is 0 Å². The van der Waals surface area contributed by atoms with Gasteiger partial charge in [0.25, 0.3) is 0 Å². The zero-order valence-electron chi connectivity index (χ0n) is 18.8. The summed E-state index contributed by atoms with van der Waals surface area (Å²) in [6.07, 6.45) is -0.741. The third-order valence-electron chi connectivity index (χ3n) is 5.12. The minimum absolute atomic E-state index is 0.0955. The first-order chi connectivity index (χ1) is 15.8. The van der Waals surface area contributed by atoms with E-state index in [1.54, 1.807) is 50.1 Å². The number of nitrogens with zero attached hydrogens (tertiary/aromatic N) is 1. The van der Waals surface area contributed by atoms with Gasteiger partial charge in [-0.3, -0.25) is 19.9 Å². The highest BCUT2D eigenvalue weighted by molar-refractivity contribution is 7.13. The second kappa shape index (κ2) is 10.9. The van der Waals surface area contributed by atoms with E-state index in [4.69, 9.17) is 26.1 Å². The lowest BCUT2D eigenvalue weighted by molar-refractivity contribution is -0.148. The number of amidine groups is 1. The highest BCUT2D eigenvalue weighted by Gasteiger charge is 2.35. The molecule has 0 aliphatic carbocycles. The van der Waals surface area contributed by atoms with Crippen LogP contribution in [-0.2, 0) is 20.9 Å². The van der Waals surface area contributed by atoms with Gasteiger partial charge >= 0.3 is 17.9 Å². The summed E-state index contributed by atoms with van der Waals surface area (Å²) < 4.78 is 5.34. The summed E-state index contributed by atoms with van der Waals surface area (Å²) in [5, 5.41) is 27.7. The summed E-state index contributed by atoms with van der Waals surface area (Å²) in [4.78, 5) is 50.0. The quantitative estimate of drug-likeness (QED) is 0.135. The van der Waals surface area contributed by atoms with E-state index in [1.807, 2.05) is 0 Å². The van der Waals surface area contributed by atoms with E-state index < -0.39 is 41.8 Å². The maximum Gasteiger partial charge on any atom is 0.353 e. The molecule has 0 aliphatic rings. The zero-order chi connectivity index (χ0) is 25.6. The minimum atomic E-state index is -1.55. The van der Waals surface area contributed by atoms with E-state index >= 15 is 0 Å². The number of likely N-dealkylation sites (N-methyl/N-ethyl adjacent to an activating group) is 1. The molecular weight excluding hydrogens is 464 g/mol. The number of hydrogen-bond donors (Lipinski definition) is 5. The van der Waals surface area contributed by atoms with Gasteiger partial charge in [-0.15, -0.1) is 11.3 Å². The third kappa shape index (κ3) is 6.86. The molecule has 0 bridgehead atoms. The van der Waals surface area contributed by atoms with Crippen LogP contribution in [0.2, 0.25) is 0 Å². The fraction of sp³-hybridized carbons (Fsp3) is 0.318. The maximum absolute atomic E-state index is 12.7. The number of hydrogen-bond acceptors (Lipinski definition) is 8. The number of amides is 1. The van der Waals surface area contributed by atoms with Gasteiger partial charge in [0.2, 0.25) is 5.91 Å². The highest BCUT2D eigenvalue weighted by atomic mass is 32.1. The third-order valence-corrected chi connectivity index (χ3v) is 6.17. The van der Waals surface area contributed by atoms with E-state index in [9.17, 15) is 19.2 Å². The number of ether oxygens (including phenoxy) is 1. The highest BCUT2D eigenvalue weighted by Crippen LogP contribution is 2.24. The molecule has 11 nitrogen and oxygen atoms in total. The standard InChI is InChI=1S/C22H26N4O7S/c1-22(2,21(32)25-15(19(29)30)10-17(27)28)26(3)11-14-8-9-16(34-14)20(31)33-13-6-4-12(5-7-13)18(23)24/h4-9,15H,10-11H2,1-3H3,(H3,23,24)(H,25,32)(H,27,28)(H,29,30)/t15-/m0/s1. The molecule has 1 aromatic carbocycles. The Morgan fingerprint density at radius 2 is 1.76 bits per heavy atom. The van der Waals surface area contributed by atoms with Crippen molar-refractivity contribution in [3.8, 4) is 5.75 Å². The van der Waals surface area contributed by atoms with Crippen molar-refractivity contribution in [2.45, 2.75) is 38.4 Å². The summed E-state index contributed by atoms with van der Waals surface area (Å²) in [6.45, 7) is 3.42. The second-order valence-corrected chi connectivity index (χ2v) is 9.14. The van der Waals surface area contributed by atoms with Gasteiger partial charge in [-0.05, 0) is 57.3 Å². The van der Waals surface area contributed by atoms with E-state index in [0.29, 0.717) is 16.2 Å². The van der Waals surface area contributed by atoms with Gasteiger partial charge in [0.15, 0.2) is 0 Å². The van der Waals surface area contributed by atoms with Crippen molar-refractivity contribution in [2.75, 3.05) is 7.05 Å². The predicted molar refractivity (Wildman–Crippen MR) is 124 cm³/mol. The Morgan fingerprint density at radius 3 is 2.29 bits per heavy atom. The van der Waals surface area contributed by atoms with Crippen molar-refractivity contribution in [3.05, 3.63) is 51.7 Å². The molecule has 0 fully saturated rings. The Labute approximate surface area is 199 Å². The Balaban J connectivity index is 2.02. The van der Waals surface area contributed by atoms with Crippen LogP contribution in [-0.4, -0.2) is 63.4 Å². The first kappa shape index (κ1) is 26.5. The van der Waals surface area contributed by atoms with Crippen molar-refractivity contribution in [2.24, 2.45) is 5.73 Å². The molecule has 1 atom stereocenters. The number of benzene rings is 1. The van der Waals surface area contributed by atoms with Crippen molar-refractivity contribution in [1.29, 1.82) is 5.41 Å². The van der Waals surface area contributed by atoms with Crippen molar-refractivity contribution >= 4 is 41.0 Å². The molecule has 2 aromatic rings. The number of carbonyl (C=O) groups excluding carboxylic acids is 2. The molecule has 0 spiro atoms. The van der Waals surface area contributed by atoms with Gasteiger partial charge in [0.05, 0.1) is 12.0 Å². The van der Waals surface area contributed by atoms with Gasteiger partial charge in [0.1, 0.15) is 22.5 Å². The molecule has 1 amide bonds. The van der Waals surface area contributed by atoms with Crippen LogP contribution >= 0.6 is 11.3 Å². The minimum Gasteiger partial charge on any atom is -0.481 e. The molecule has 0 saturated carbocycles. The predicted octanol–water partition coefficient (Wildman–Crippen LogP) is 1.51. The lowest BCUT2D eigenvalue weighted by atomic mass is 10.0. The molecular formula is C22H26N4O7S. The summed E-state index contributed by atoms with van der Waals surface area (Å²) in [7, 11) is 1.65. The van der Waals surface area contributed by atoms with Gasteiger partial charge in [-0.1, -0.05) is 0 Å². The summed E-state index contributed by atoms with van der Waals surface area (Å²) in [5.74, 6) is -3.78. The average Bonchev–Trinajstić information content (AvgIpc) is 3.21. The van der Waals surface area contributed by atoms with Gasteiger partial charge < -0.3 is 26.0 Å². The molecule has 34 heavy (non-hydrogen) atoms. The Hall–Kier alpha value is -3.77. The van der Waals surface area contributed by atoms with Gasteiger partial charge in [0, 0.05) is 17.0 Å². The van der Waals surface area contributed by atoms with Crippen LogP contribution in [0.4, 0.5) is 0 Å². The SMILES string of the molecule is CN(Cc1ccc(C(=O)Oc2ccc(C(=N)N)cc2)s1)C(C)(C)C(=O)N[C@@H](CC(=O)O)C(=O)O. The number of esters is 1. The van der Waals surface area contributed by atoms with Crippen molar-refractivity contribution in [1.82, 2.24) is 10.2 Å². The van der Waals surface area contributed by atoms with Crippen LogP contribution in [0, 0.1) is 5.41 Å². The van der Waals surface area contributed by atoms with Crippen LogP contribution in [0.5, 0.6) is 5.75 Å². The fourth-order valence-corrected chi connectivity index (χ4v) is 3.68. The zero-order valence-corrected chi connectivity index (χ0v) is 19.6. The second-order valence-electron chi connectivity index (χ2n) is 7.97. The summed E-state index contributed by atoms with van der Waals surface area (Å²) in [5.41, 5.74) is 4.74. The average molecular weight is 491 g/mol. The lowest BCUT2D eigenvalue weighted by Crippen LogP contribution is -2.56. The first-order valence-electron chi connectivity index (χ1n) is 10.0. The Bertz CT molecular complexity index is 1090. The van der Waals surface area contributed by atoms with E-state index in [0.717, 1.165) is 4.88 Å². The molecule has 0 radical (unpaired) electrons. The number of carboxylic acids is 2. The maximum atomic E-state index is 12.7. The van der Waals surface area contributed by atoms with E-state index in [1.165, 1.54) is 23.5 Å². The van der Waals surface area contributed by atoms with E-state index in [-0.39, 0.29) is 12.4 Å². The van der Waals surface area contributed by atoms with Gasteiger partial charge in [-0.25, -0.2) is 9.59 Å².